The van der Waals surface area contributed by atoms with E-state index in [1.807, 2.05) is 13.0 Å². The molecule has 1 unspecified atom stereocenters. The second-order valence-corrected chi connectivity index (χ2v) is 5.38. The quantitative estimate of drug-likeness (QED) is 0.835. The summed E-state index contributed by atoms with van der Waals surface area (Å²) in [7, 11) is 0. The Morgan fingerprint density at radius 3 is 2.75 bits per heavy atom. The zero-order valence-corrected chi connectivity index (χ0v) is 11.8. The van der Waals surface area contributed by atoms with Crippen LogP contribution in [0.15, 0.2) is 18.2 Å². The van der Waals surface area contributed by atoms with Crippen LogP contribution in [-0.4, -0.2) is 23.0 Å². The van der Waals surface area contributed by atoms with Crippen LogP contribution in [0.25, 0.3) is 0 Å². The molecule has 0 aliphatic heterocycles. The van der Waals surface area contributed by atoms with Gasteiger partial charge in [-0.25, -0.2) is 4.79 Å². The van der Waals surface area contributed by atoms with Gasteiger partial charge < -0.3 is 10.4 Å². The average Bonchev–Trinajstić information content (AvgIpc) is 2.85. The van der Waals surface area contributed by atoms with E-state index in [2.05, 4.69) is 17.4 Å². The molecule has 0 bridgehead atoms. The monoisotopic (exact) mass is 275 g/mol. The first-order valence-electron chi connectivity index (χ1n) is 7.23. The van der Waals surface area contributed by atoms with Crippen LogP contribution in [0.2, 0.25) is 0 Å². The lowest BCUT2D eigenvalue weighted by atomic mass is 10.0. The van der Waals surface area contributed by atoms with Crippen LogP contribution < -0.4 is 5.32 Å². The zero-order chi connectivity index (χ0) is 14.5. The minimum atomic E-state index is -0.964. The van der Waals surface area contributed by atoms with Gasteiger partial charge in [0.15, 0.2) is 0 Å². The van der Waals surface area contributed by atoms with Gasteiger partial charge in [0.05, 0.1) is 6.42 Å². The van der Waals surface area contributed by atoms with E-state index in [0.717, 1.165) is 24.8 Å². The number of fused-ring (bicyclic) bond motifs is 1. The summed E-state index contributed by atoms with van der Waals surface area (Å²) in [6.07, 6.45) is 4.84. The summed E-state index contributed by atoms with van der Waals surface area (Å²) in [5, 5.41) is 11.6. The van der Waals surface area contributed by atoms with Crippen molar-refractivity contribution in [2.45, 2.75) is 51.5 Å². The lowest BCUT2D eigenvalue weighted by Gasteiger charge is -2.13. The lowest BCUT2D eigenvalue weighted by Crippen LogP contribution is -2.41. The Kier molecular flexibility index (Phi) is 4.77. The molecule has 1 aliphatic rings. The normalized spacial score (nSPS) is 14.7. The number of benzene rings is 1. The van der Waals surface area contributed by atoms with Gasteiger partial charge in [0.1, 0.15) is 6.04 Å². The van der Waals surface area contributed by atoms with Crippen LogP contribution in [-0.2, 0) is 28.9 Å². The SMILES string of the molecule is CCCC(NC(=O)Cc1ccc2c(c1)CCC2)C(=O)O. The van der Waals surface area contributed by atoms with E-state index in [9.17, 15) is 9.59 Å². The summed E-state index contributed by atoms with van der Waals surface area (Å²) in [6, 6.07) is 5.37. The molecule has 1 aromatic rings. The first kappa shape index (κ1) is 14.6. The van der Waals surface area contributed by atoms with E-state index < -0.39 is 12.0 Å². The maximum Gasteiger partial charge on any atom is 0.326 e. The van der Waals surface area contributed by atoms with Crippen molar-refractivity contribution < 1.29 is 14.7 Å². The van der Waals surface area contributed by atoms with Crippen molar-refractivity contribution in [3.8, 4) is 0 Å². The molecule has 1 atom stereocenters. The fourth-order valence-electron chi connectivity index (χ4n) is 2.71. The van der Waals surface area contributed by atoms with Crippen molar-refractivity contribution >= 4 is 11.9 Å². The molecule has 0 fully saturated rings. The third-order valence-electron chi connectivity index (χ3n) is 3.74. The minimum Gasteiger partial charge on any atom is -0.480 e. The van der Waals surface area contributed by atoms with Gasteiger partial charge in [-0.1, -0.05) is 31.5 Å². The molecular formula is C16H21NO3. The molecule has 0 radical (unpaired) electrons. The predicted molar refractivity (Wildman–Crippen MR) is 76.6 cm³/mol. The van der Waals surface area contributed by atoms with Crippen LogP contribution in [0.3, 0.4) is 0 Å². The average molecular weight is 275 g/mol. The van der Waals surface area contributed by atoms with Crippen molar-refractivity contribution in [2.75, 3.05) is 0 Å². The first-order valence-corrected chi connectivity index (χ1v) is 7.23. The molecule has 4 nitrogen and oxygen atoms in total. The maximum absolute atomic E-state index is 11.9. The predicted octanol–water partition coefficient (Wildman–Crippen LogP) is 2.09. The summed E-state index contributed by atoms with van der Waals surface area (Å²) in [5.41, 5.74) is 3.67. The van der Waals surface area contributed by atoms with Crippen LogP contribution in [0, 0.1) is 0 Å². The molecule has 0 spiro atoms. The molecule has 4 heteroatoms. The molecule has 0 saturated carbocycles. The van der Waals surface area contributed by atoms with Crippen LogP contribution in [0.5, 0.6) is 0 Å². The standard InChI is InChI=1S/C16H21NO3/c1-2-4-14(16(19)20)17-15(18)10-11-7-8-12-5-3-6-13(12)9-11/h7-9,14H,2-6,10H2,1H3,(H,17,18)(H,19,20). The van der Waals surface area contributed by atoms with Crippen molar-refractivity contribution in [1.29, 1.82) is 0 Å². The maximum atomic E-state index is 11.9. The molecular weight excluding hydrogens is 254 g/mol. The highest BCUT2D eigenvalue weighted by Crippen LogP contribution is 2.22. The number of aryl methyl sites for hydroxylation is 2. The van der Waals surface area contributed by atoms with Gasteiger partial charge in [-0.2, -0.15) is 0 Å². The van der Waals surface area contributed by atoms with Crippen molar-refractivity contribution in [3.05, 3.63) is 34.9 Å². The van der Waals surface area contributed by atoms with Crippen molar-refractivity contribution in [3.63, 3.8) is 0 Å². The Balaban J connectivity index is 1.95. The Labute approximate surface area is 119 Å². The highest BCUT2D eigenvalue weighted by molar-refractivity contribution is 5.84. The van der Waals surface area contributed by atoms with Crippen LogP contribution in [0.1, 0.15) is 42.9 Å². The van der Waals surface area contributed by atoms with E-state index in [1.165, 1.54) is 17.5 Å². The molecule has 2 N–H and O–H groups in total. The van der Waals surface area contributed by atoms with E-state index >= 15 is 0 Å². The van der Waals surface area contributed by atoms with Crippen molar-refractivity contribution in [2.24, 2.45) is 0 Å². The largest absolute Gasteiger partial charge is 0.480 e. The third-order valence-corrected chi connectivity index (χ3v) is 3.74. The molecule has 108 valence electrons. The molecule has 20 heavy (non-hydrogen) atoms. The highest BCUT2D eigenvalue weighted by Gasteiger charge is 2.19. The Morgan fingerprint density at radius 2 is 2.05 bits per heavy atom. The van der Waals surface area contributed by atoms with Gasteiger partial charge in [-0.05, 0) is 42.4 Å². The second-order valence-electron chi connectivity index (χ2n) is 5.38. The summed E-state index contributed by atoms with van der Waals surface area (Å²) in [5.74, 6) is -1.18. The third kappa shape index (κ3) is 3.59. The van der Waals surface area contributed by atoms with Gasteiger partial charge in [0.2, 0.25) is 5.91 Å². The highest BCUT2D eigenvalue weighted by atomic mass is 16.4. The number of rotatable bonds is 6. The number of hydrogen-bond acceptors (Lipinski definition) is 2. The number of carbonyl (C=O) groups is 2. The molecule has 1 amide bonds. The van der Waals surface area contributed by atoms with Crippen LogP contribution >= 0.6 is 0 Å². The number of carboxylic acid groups (broad SMARTS) is 1. The molecule has 0 heterocycles. The smallest absolute Gasteiger partial charge is 0.326 e. The fraction of sp³-hybridized carbons (Fsp3) is 0.500. The van der Waals surface area contributed by atoms with Crippen LogP contribution in [0.4, 0.5) is 0 Å². The number of carbonyl (C=O) groups excluding carboxylic acids is 1. The van der Waals surface area contributed by atoms with E-state index in [4.69, 9.17) is 5.11 Å². The van der Waals surface area contributed by atoms with E-state index in [0.29, 0.717) is 6.42 Å². The molecule has 1 aromatic carbocycles. The Morgan fingerprint density at radius 1 is 1.30 bits per heavy atom. The van der Waals surface area contributed by atoms with Gasteiger partial charge in [-0.3, -0.25) is 4.79 Å². The molecule has 2 rings (SSSR count). The summed E-state index contributed by atoms with van der Waals surface area (Å²) >= 11 is 0. The molecule has 0 aromatic heterocycles. The Hall–Kier alpha value is -1.84. The fourth-order valence-corrected chi connectivity index (χ4v) is 2.71. The summed E-state index contributed by atoms with van der Waals surface area (Å²) in [4.78, 5) is 22.9. The molecule has 1 aliphatic carbocycles. The number of hydrogen-bond donors (Lipinski definition) is 2. The molecule has 0 saturated heterocycles. The van der Waals surface area contributed by atoms with Gasteiger partial charge >= 0.3 is 5.97 Å². The van der Waals surface area contributed by atoms with E-state index in [1.54, 1.807) is 0 Å². The Bertz CT molecular complexity index is 510. The van der Waals surface area contributed by atoms with Gasteiger partial charge in [-0.15, -0.1) is 0 Å². The zero-order valence-electron chi connectivity index (χ0n) is 11.8. The number of nitrogens with one attached hydrogen (secondary N) is 1. The van der Waals surface area contributed by atoms with E-state index in [-0.39, 0.29) is 12.3 Å². The number of amides is 1. The minimum absolute atomic E-state index is 0.219. The van der Waals surface area contributed by atoms with Gasteiger partial charge in [0, 0.05) is 0 Å². The number of carboxylic acids is 1. The first-order chi connectivity index (χ1) is 9.60. The second kappa shape index (κ2) is 6.55. The van der Waals surface area contributed by atoms with Crippen molar-refractivity contribution in [1.82, 2.24) is 5.32 Å². The summed E-state index contributed by atoms with van der Waals surface area (Å²) < 4.78 is 0. The summed E-state index contributed by atoms with van der Waals surface area (Å²) in [6.45, 7) is 1.91. The number of aliphatic carboxylic acids is 1. The topological polar surface area (TPSA) is 66.4 Å². The lowest BCUT2D eigenvalue weighted by molar-refractivity contribution is -0.141. The van der Waals surface area contributed by atoms with Gasteiger partial charge in [0.25, 0.3) is 0 Å².